The van der Waals surface area contributed by atoms with E-state index in [1.54, 1.807) is 7.11 Å². The summed E-state index contributed by atoms with van der Waals surface area (Å²) in [6.45, 7) is 5.25. The van der Waals surface area contributed by atoms with Crippen LogP contribution in [0.25, 0.3) is 0 Å². The van der Waals surface area contributed by atoms with Crippen molar-refractivity contribution in [2.24, 2.45) is 0 Å². The lowest BCUT2D eigenvalue weighted by Crippen LogP contribution is -2.36. The predicted octanol–water partition coefficient (Wildman–Crippen LogP) is 3.85. The molecule has 1 atom stereocenters. The van der Waals surface area contributed by atoms with Crippen LogP contribution in [0.5, 0.6) is 0 Å². The van der Waals surface area contributed by atoms with E-state index >= 15 is 0 Å². The van der Waals surface area contributed by atoms with Crippen molar-refractivity contribution in [2.45, 2.75) is 45.2 Å². The molecule has 0 aliphatic carbocycles. The first kappa shape index (κ1) is 17.3. The van der Waals surface area contributed by atoms with Crippen LogP contribution in [0.4, 0.5) is 10.8 Å². The van der Waals surface area contributed by atoms with Gasteiger partial charge in [0.1, 0.15) is 5.82 Å². The van der Waals surface area contributed by atoms with E-state index in [0.29, 0.717) is 12.6 Å². The van der Waals surface area contributed by atoms with Gasteiger partial charge in [0.15, 0.2) is 0 Å². The molecule has 1 aliphatic heterocycles. The molecule has 1 unspecified atom stereocenters. The number of nitrogens with one attached hydrogen (secondary N) is 1. The molecule has 1 aliphatic rings. The SMILES string of the molecule is COCCc1nsc(Nc2ccc(CN3CCCCC3C)cc2)n1. The molecule has 5 nitrogen and oxygen atoms in total. The highest BCUT2D eigenvalue weighted by atomic mass is 32.1. The highest BCUT2D eigenvalue weighted by Crippen LogP contribution is 2.22. The molecule has 1 N–H and O–H groups in total. The minimum absolute atomic E-state index is 0.653. The Morgan fingerprint density at radius 2 is 2.12 bits per heavy atom. The van der Waals surface area contributed by atoms with Crippen LogP contribution in [-0.2, 0) is 17.7 Å². The third-order valence-electron chi connectivity index (χ3n) is 4.53. The minimum Gasteiger partial charge on any atom is -0.384 e. The van der Waals surface area contributed by atoms with Crippen molar-refractivity contribution in [1.29, 1.82) is 0 Å². The van der Waals surface area contributed by atoms with Crippen molar-refractivity contribution in [3.63, 3.8) is 0 Å². The number of anilines is 2. The van der Waals surface area contributed by atoms with Crippen molar-refractivity contribution in [1.82, 2.24) is 14.3 Å². The van der Waals surface area contributed by atoms with Crippen molar-refractivity contribution >= 4 is 22.4 Å². The average molecular weight is 347 g/mol. The van der Waals surface area contributed by atoms with E-state index in [0.717, 1.165) is 29.6 Å². The number of ether oxygens (including phenoxy) is 1. The summed E-state index contributed by atoms with van der Waals surface area (Å²) in [5.41, 5.74) is 2.42. The Morgan fingerprint density at radius 1 is 1.29 bits per heavy atom. The molecule has 1 aromatic carbocycles. The van der Waals surface area contributed by atoms with Gasteiger partial charge in [0.2, 0.25) is 5.13 Å². The van der Waals surface area contributed by atoms with Crippen LogP contribution in [0.15, 0.2) is 24.3 Å². The monoisotopic (exact) mass is 346 g/mol. The van der Waals surface area contributed by atoms with Crippen molar-refractivity contribution in [3.8, 4) is 0 Å². The Kier molecular flexibility index (Phi) is 6.18. The molecule has 1 saturated heterocycles. The van der Waals surface area contributed by atoms with Crippen LogP contribution >= 0.6 is 11.5 Å². The van der Waals surface area contributed by atoms with Gasteiger partial charge in [-0.25, -0.2) is 4.98 Å². The standard InChI is InChI=1S/C18H26N4OS/c1-14-5-3-4-11-22(14)13-15-6-8-16(9-7-15)19-18-20-17(21-24-18)10-12-23-2/h6-9,14H,3-5,10-13H2,1-2H3,(H,19,20,21). The summed E-state index contributed by atoms with van der Waals surface area (Å²) >= 11 is 1.39. The second-order valence-corrected chi connectivity index (χ2v) is 7.15. The van der Waals surface area contributed by atoms with E-state index in [1.165, 1.54) is 42.9 Å². The number of rotatable bonds is 7. The molecular weight excluding hydrogens is 320 g/mol. The Balaban J connectivity index is 1.55. The van der Waals surface area contributed by atoms with Gasteiger partial charge in [-0.15, -0.1) is 0 Å². The molecule has 0 bridgehead atoms. The smallest absolute Gasteiger partial charge is 0.207 e. The second-order valence-electron chi connectivity index (χ2n) is 6.40. The van der Waals surface area contributed by atoms with Crippen LogP contribution in [0.1, 0.15) is 37.6 Å². The summed E-state index contributed by atoms with van der Waals surface area (Å²) < 4.78 is 9.39. The Morgan fingerprint density at radius 3 is 2.88 bits per heavy atom. The fourth-order valence-electron chi connectivity index (χ4n) is 3.04. The van der Waals surface area contributed by atoms with E-state index in [1.807, 2.05) is 0 Å². The maximum atomic E-state index is 5.06. The van der Waals surface area contributed by atoms with Crippen LogP contribution in [0.3, 0.4) is 0 Å². The van der Waals surface area contributed by atoms with Crippen LogP contribution in [-0.4, -0.2) is 40.6 Å². The van der Waals surface area contributed by atoms with Crippen LogP contribution < -0.4 is 5.32 Å². The van der Waals surface area contributed by atoms with Gasteiger partial charge in [0.25, 0.3) is 0 Å². The molecule has 24 heavy (non-hydrogen) atoms. The molecule has 6 heteroatoms. The van der Waals surface area contributed by atoms with Gasteiger partial charge in [-0.1, -0.05) is 18.6 Å². The van der Waals surface area contributed by atoms with E-state index < -0.39 is 0 Å². The summed E-state index contributed by atoms with van der Waals surface area (Å²) in [7, 11) is 1.69. The third-order valence-corrected chi connectivity index (χ3v) is 5.20. The first-order valence-corrected chi connectivity index (χ1v) is 9.43. The summed E-state index contributed by atoms with van der Waals surface area (Å²) in [5.74, 6) is 0.833. The number of hydrogen-bond acceptors (Lipinski definition) is 6. The molecular formula is C18H26N4OS. The zero-order valence-electron chi connectivity index (χ0n) is 14.5. The number of likely N-dealkylation sites (tertiary alicyclic amines) is 1. The first-order chi connectivity index (χ1) is 11.7. The number of methoxy groups -OCH3 is 1. The maximum Gasteiger partial charge on any atom is 0.207 e. The van der Waals surface area contributed by atoms with E-state index in [9.17, 15) is 0 Å². The highest BCUT2D eigenvalue weighted by molar-refractivity contribution is 7.09. The Bertz CT molecular complexity index is 628. The van der Waals surface area contributed by atoms with Crippen LogP contribution in [0.2, 0.25) is 0 Å². The molecule has 3 rings (SSSR count). The van der Waals surface area contributed by atoms with Gasteiger partial charge < -0.3 is 10.1 Å². The quantitative estimate of drug-likeness (QED) is 0.825. The molecule has 2 heterocycles. The van der Waals surface area contributed by atoms with E-state index in [4.69, 9.17) is 4.74 Å². The highest BCUT2D eigenvalue weighted by Gasteiger charge is 2.17. The molecule has 130 valence electrons. The molecule has 1 aromatic heterocycles. The number of aromatic nitrogens is 2. The van der Waals surface area contributed by atoms with E-state index in [-0.39, 0.29) is 0 Å². The molecule has 0 saturated carbocycles. The number of piperidine rings is 1. The Hall–Kier alpha value is -1.50. The minimum atomic E-state index is 0.653. The summed E-state index contributed by atoms with van der Waals surface area (Å²) in [5, 5.41) is 4.16. The van der Waals surface area contributed by atoms with Gasteiger partial charge in [-0.05, 0) is 44.0 Å². The molecule has 2 aromatic rings. The van der Waals surface area contributed by atoms with Gasteiger partial charge in [-0.2, -0.15) is 4.37 Å². The number of nitrogens with zero attached hydrogens (tertiary/aromatic N) is 3. The van der Waals surface area contributed by atoms with Crippen molar-refractivity contribution < 1.29 is 4.74 Å². The van der Waals surface area contributed by atoms with Crippen LogP contribution in [0, 0.1) is 0 Å². The number of hydrogen-bond donors (Lipinski definition) is 1. The zero-order chi connectivity index (χ0) is 16.8. The third kappa shape index (κ3) is 4.75. The summed E-state index contributed by atoms with van der Waals surface area (Å²) in [6.07, 6.45) is 4.77. The topological polar surface area (TPSA) is 50.3 Å². The first-order valence-electron chi connectivity index (χ1n) is 8.66. The van der Waals surface area contributed by atoms with Gasteiger partial charge >= 0.3 is 0 Å². The lowest BCUT2D eigenvalue weighted by Gasteiger charge is -2.33. The van der Waals surface area contributed by atoms with Crippen molar-refractivity contribution in [2.75, 3.05) is 25.6 Å². The normalized spacial score (nSPS) is 18.7. The second kappa shape index (κ2) is 8.55. The predicted molar refractivity (Wildman–Crippen MR) is 98.9 cm³/mol. The molecule has 0 amide bonds. The lowest BCUT2D eigenvalue weighted by molar-refractivity contribution is 0.152. The van der Waals surface area contributed by atoms with Gasteiger partial charge in [0, 0.05) is 43.3 Å². The summed E-state index contributed by atoms with van der Waals surface area (Å²) in [6, 6.07) is 9.36. The molecule has 0 spiro atoms. The van der Waals surface area contributed by atoms with E-state index in [2.05, 4.69) is 50.8 Å². The fraction of sp³-hybridized carbons (Fsp3) is 0.556. The van der Waals surface area contributed by atoms with Gasteiger partial charge in [0.05, 0.1) is 6.61 Å². The van der Waals surface area contributed by atoms with Crippen molar-refractivity contribution in [3.05, 3.63) is 35.7 Å². The van der Waals surface area contributed by atoms with Gasteiger partial charge in [-0.3, -0.25) is 4.90 Å². The lowest BCUT2D eigenvalue weighted by atomic mass is 10.0. The number of benzene rings is 1. The fourth-order valence-corrected chi connectivity index (χ4v) is 3.68. The Labute approximate surface area is 148 Å². The largest absolute Gasteiger partial charge is 0.384 e. The summed E-state index contributed by atoms with van der Waals surface area (Å²) in [4.78, 5) is 7.06. The average Bonchev–Trinajstić information content (AvgIpc) is 3.04. The zero-order valence-corrected chi connectivity index (χ0v) is 15.3. The molecule has 0 radical (unpaired) electrons. The maximum absolute atomic E-state index is 5.06. The molecule has 1 fully saturated rings.